The summed E-state index contributed by atoms with van der Waals surface area (Å²) in [6.45, 7) is 8.68. The third-order valence-electron chi connectivity index (χ3n) is 5.03. The number of ether oxygens (including phenoxy) is 2. The average molecular weight is 402 g/mol. The molecule has 0 fully saturated rings. The summed E-state index contributed by atoms with van der Waals surface area (Å²) in [5.41, 5.74) is 3.47. The van der Waals surface area contributed by atoms with Gasteiger partial charge in [-0.1, -0.05) is 12.1 Å². The van der Waals surface area contributed by atoms with Crippen molar-refractivity contribution in [1.82, 2.24) is 15.2 Å². The van der Waals surface area contributed by atoms with Crippen LogP contribution in [0.25, 0.3) is 0 Å². The van der Waals surface area contributed by atoms with Crippen LogP contribution in [0.5, 0.6) is 11.5 Å². The molecule has 2 rings (SSSR count). The van der Waals surface area contributed by atoms with Gasteiger partial charge in [-0.25, -0.2) is 0 Å². The predicted octanol–water partition coefficient (Wildman–Crippen LogP) is 2.81. The van der Waals surface area contributed by atoms with Gasteiger partial charge in [0.05, 0.1) is 7.11 Å². The Morgan fingerprint density at radius 1 is 1.21 bits per heavy atom. The molecule has 1 heterocycles. The Bertz CT molecular complexity index is 752. The molecule has 0 unspecified atom stereocenters. The summed E-state index contributed by atoms with van der Waals surface area (Å²) in [6, 6.07) is 10.3. The monoisotopic (exact) mass is 401 g/mol. The molecular formula is C23H35N3O3. The first-order chi connectivity index (χ1) is 13.9. The lowest BCUT2D eigenvalue weighted by molar-refractivity contribution is 0.0668. The van der Waals surface area contributed by atoms with Gasteiger partial charge < -0.3 is 24.8 Å². The lowest BCUT2D eigenvalue weighted by Crippen LogP contribution is -2.36. The summed E-state index contributed by atoms with van der Waals surface area (Å²) in [6.07, 6.45) is 2.18. The number of aromatic nitrogens is 1. The van der Waals surface area contributed by atoms with E-state index in [1.165, 1.54) is 5.56 Å². The normalized spacial score (nSPS) is 12.4. The van der Waals surface area contributed by atoms with Gasteiger partial charge in [-0.05, 0) is 57.1 Å². The number of aliphatic hydroxyl groups excluding tert-OH is 1. The zero-order valence-corrected chi connectivity index (χ0v) is 18.3. The number of pyridine rings is 1. The maximum Gasteiger partial charge on any atom is 0.161 e. The van der Waals surface area contributed by atoms with Crippen molar-refractivity contribution < 1.29 is 14.6 Å². The molecule has 6 nitrogen and oxygen atoms in total. The number of benzene rings is 1. The minimum atomic E-state index is -0.552. The van der Waals surface area contributed by atoms with Gasteiger partial charge in [-0.15, -0.1) is 0 Å². The highest BCUT2D eigenvalue weighted by Gasteiger charge is 2.13. The summed E-state index contributed by atoms with van der Waals surface area (Å²) < 4.78 is 11.3. The van der Waals surface area contributed by atoms with Crippen LogP contribution in [0.2, 0.25) is 0 Å². The van der Waals surface area contributed by atoms with Gasteiger partial charge >= 0.3 is 0 Å². The van der Waals surface area contributed by atoms with Crippen LogP contribution >= 0.6 is 0 Å². The number of hydrogen-bond acceptors (Lipinski definition) is 6. The summed E-state index contributed by atoms with van der Waals surface area (Å²) in [5.74, 6) is 1.32. The van der Waals surface area contributed by atoms with Crippen molar-refractivity contribution in [3.8, 4) is 11.5 Å². The second-order valence-corrected chi connectivity index (χ2v) is 7.68. The van der Waals surface area contributed by atoms with E-state index in [1.807, 2.05) is 37.5 Å². The molecule has 0 saturated carbocycles. The largest absolute Gasteiger partial charge is 0.493 e. The molecule has 6 heteroatoms. The molecule has 0 radical (unpaired) electrons. The summed E-state index contributed by atoms with van der Waals surface area (Å²) in [7, 11) is 3.62. The molecule has 0 bridgehead atoms. The number of aryl methyl sites for hydroxylation is 1. The minimum absolute atomic E-state index is 0.231. The zero-order chi connectivity index (χ0) is 21.2. The van der Waals surface area contributed by atoms with E-state index in [0.29, 0.717) is 24.1 Å². The first-order valence-corrected chi connectivity index (χ1v) is 10.2. The second-order valence-electron chi connectivity index (χ2n) is 7.68. The molecule has 0 aliphatic heterocycles. The Morgan fingerprint density at radius 2 is 2.00 bits per heavy atom. The minimum Gasteiger partial charge on any atom is -0.493 e. The number of aliphatic hydroxyl groups is 1. The molecule has 29 heavy (non-hydrogen) atoms. The molecule has 0 amide bonds. The number of nitrogens with zero attached hydrogens (tertiary/aromatic N) is 2. The van der Waals surface area contributed by atoms with Crippen LogP contribution < -0.4 is 14.8 Å². The van der Waals surface area contributed by atoms with E-state index in [9.17, 15) is 5.11 Å². The Balaban J connectivity index is 1.82. The summed E-state index contributed by atoms with van der Waals surface area (Å²) >= 11 is 0. The molecule has 0 saturated heterocycles. The quantitative estimate of drug-likeness (QED) is 0.533. The van der Waals surface area contributed by atoms with E-state index < -0.39 is 6.10 Å². The fourth-order valence-electron chi connectivity index (χ4n) is 2.94. The van der Waals surface area contributed by atoms with E-state index in [1.54, 1.807) is 7.11 Å². The first-order valence-electron chi connectivity index (χ1n) is 10.2. The predicted molar refractivity (Wildman–Crippen MR) is 117 cm³/mol. The van der Waals surface area contributed by atoms with Crippen molar-refractivity contribution in [2.45, 2.75) is 45.9 Å². The molecule has 1 aromatic heterocycles. The van der Waals surface area contributed by atoms with Gasteiger partial charge in [0.25, 0.3) is 0 Å². The maximum absolute atomic E-state index is 10.2. The molecule has 1 atom stereocenters. The molecular weight excluding hydrogens is 366 g/mol. The van der Waals surface area contributed by atoms with E-state index in [-0.39, 0.29) is 6.61 Å². The zero-order valence-electron chi connectivity index (χ0n) is 18.3. The van der Waals surface area contributed by atoms with Gasteiger partial charge in [-0.2, -0.15) is 0 Å². The van der Waals surface area contributed by atoms with E-state index in [4.69, 9.17) is 9.47 Å². The second kappa shape index (κ2) is 11.8. The van der Waals surface area contributed by atoms with E-state index >= 15 is 0 Å². The van der Waals surface area contributed by atoms with Gasteiger partial charge in [0, 0.05) is 44.0 Å². The van der Waals surface area contributed by atoms with Crippen LogP contribution in [0, 0.1) is 6.92 Å². The third-order valence-corrected chi connectivity index (χ3v) is 5.03. The Hall–Kier alpha value is -2.15. The van der Waals surface area contributed by atoms with Gasteiger partial charge in [0.15, 0.2) is 11.5 Å². The molecule has 1 aromatic carbocycles. The van der Waals surface area contributed by atoms with Crippen LogP contribution in [-0.2, 0) is 13.0 Å². The molecule has 0 aliphatic carbocycles. The van der Waals surface area contributed by atoms with Crippen molar-refractivity contribution in [3.05, 3.63) is 53.3 Å². The average Bonchev–Trinajstić information content (AvgIpc) is 2.71. The highest BCUT2D eigenvalue weighted by atomic mass is 16.5. The molecule has 2 N–H and O–H groups in total. The number of methoxy groups -OCH3 is 1. The third kappa shape index (κ3) is 7.65. The van der Waals surface area contributed by atoms with Crippen molar-refractivity contribution in [3.63, 3.8) is 0 Å². The number of nitrogens with one attached hydrogen (secondary N) is 1. The summed E-state index contributed by atoms with van der Waals surface area (Å²) in [5, 5.41) is 13.6. The molecule has 2 aromatic rings. The van der Waals surface area contributed by atoms with E-state index in [2.05, 4.69) is 42.0 Å². The molecule has 160 valence electrons. The number of hydrogen-bond donors (Lipinski definition) is 2. The first kappa shape index (κ1) is 23.1. The van der Waals surface area contributed by atoms with Crippen LogP contribution in [0.4, 0.5) is 0 Å². The van der Waals surface area contributed by atoms with Crippen molar-refractivity contribution in [1.29, 1.82) is 0 Å². The SMILES string of the molecule is COc1cc(CNCCc2ncccc2C)ccc1OC[C@@H](O)CN(C)C(C)C. The Morgan fingerprint density at radius 3 is 2.69 bits per heavy atom. The van der Waals surface area contributed by atoms with E-state index in [0.717, 1.165) is 30.8 Å². The van der Waals surface area contributed by atoms with Crippen LogP contribution in [0.1, 0.15) is 30.7 Å². The fourth-order valence-corrected chi connectivity index (χ4v) is 2.94. The molecule has 0 aliphatic rings. The highest BCUT2D eigenvalue weighted by molar-refractivity contribution is 5.43. The van der Waals surface area contributed by atoms with Gasteiger partial charge in [0.2, 0.25) is 0 Å². The highest BCUT2D eigenvalue weighted by Crippen LogP contribution is 2.28. The molecule has 0 spiro atoms. The van der Waals surface area contributed by atoms with Crippen LogP contribution in [-0.4, -0.2) is 61.0 Å². The maximum atomic E-state index is 10.2. The summed E-state index contributed by atoms with van der Waals surface area (Å²) in [4.78, 5) is 6.51. The Kier molecular flexibility index (Phi) is 9.38. The van der Waals surface area contributed by atoms with Crippen molar-refractivity contribution in [2.24, 2.45) is 0 Å². The standard InChI is InChI=1S/C23H35N3O3/c1-17(2)26(4)15-20(27)16-29-22-9-8-19(13-23(22)28-5)14-24-12-10-21-18(3)7-6-11-25-21/h6-9,11,13,17,20,24,27H,10,12,14-16H2,1-5H3/t20-/m0/s1. The smallest absolute Gasteiger partial charge is 0.161 e. The topological polar surface area (TPSA) is 66.8 Å². The van der Waals surface area contributed by atoms with Gasteiger partial charge in [0.1, 0.15) is 12.7 Å². The van der Waals surface area contributed by atoms with Crippen molar-refractivity contribution in [2.75, 3.05) is 33.9 Å². The van der Waals surface area contributed by atoms with Crippen molar-refractivity contribution >= 4 is 0 Å². The number of likely N-dealkylation sites (N-methyl/N-ethyl adjacent to an activating group) is 1. The van der Waals surface area contributed by atoms with Crippen LogP contribution in [0.15, 0.2) is 36.5 Å². The van der Waals surface area contributed by atoms with Gasteiger partial charge in [-0.3, -0.25) is 4.98 Å². The van der Waals surface area contributed by atoms with Crippen LogP contribution in [0.3, 0.4) is 0 Å². The Labute approximate surface area is 174 Å². The fraction of sp³-hybridized carbons (Fsp3) is 0.522. The number of rotatable bonds is 12. The lowest BCUT2D eigenvalue weighted by Gasteiger charge is -2.24. The lowest BCUT2D eigenvalue weighted by atomic mass is 10.1.